The number of alkyl halides is 3. The van der Waals surface area contributed by atoms with E-state index in [1.165, 1.54) is 18.2 Å². The van der Waals surface area contributed by atoms with Gasteiger partial charge in [0.1, 0.15) is 5.56 Å². The molecule has 0 fully saturated rings. The Morgan fingerprint density at radius 3 is 2.41 bits per heavy atom. The van der Waals surface area contributed by atoms with Crippen molar-refractivity contribution in [1.82, 2.24) is 19.7 Å². The van der Waals surface area contributed by atoms with Crippen molar-refractivity contribution < 1.29 is 22.4 Å². The highest BCUT2D eigenvalue weighted by Crippen LogP contribution is 2.31. The number of halogens is 3. The summed E-state index contributed by atoms with van der Waals surface area (Å²) >= 11 is 0. The average molecular weight is 564 g/mol. The second-order valence-corrected chi connectivity index (χ2v) is 10.7. The van der Waals surface area contributed by atoms with Gasteiger partial charge in [-0.05, 0) is 55.5 Å². The van der Waals surface area contributed by atoms with Gasteiger partial charge in [0.05, 0.1) is 56.8 Å². The number of nitriles is 1. The minimum atomic E-state index is -4.61. The van der Waals surface area contributed by atoms with Gasteiger partial charge in [-0.15, -0.1) is 0 Å². The number of carbonyl (C=O) groups is 1. The van der Waals surface area contributed by atoms with E-state index in [9.17, 15) is 22.8 Å². The van der Waals surface area contributed by atoms with Gasteiger partial charge in [0.25, 0.3) is 11.5 Å². The third-order valence-electron chi connectivity index (χ3n) is 6.57. The summed E-state index contributed by atoms with van der Waals surface area (Å²) in [4.78, 5) is 26.9. The number of nitrogens with one attached hydrogen (secondary N) is 1. The van der Waals surface area contributed by atoms with E-state index in [0.29, 0.717) is 45.5 Å². The second-order valence-electron chi connectivity index (χ2n) is 10.7. The summed E-state index contributed by atoms with van der Waals surface area (Å²) in [6.07, 6.45) is -0.704. The summed E-state index contributed by atoms with van der Waals surface area (Å²) in [5.41, 5.74) is 0.667. The summed E-state index contributed by atoms with van der Waals surface area (Å²) in [5.74, 6) is -0.613. The van der Waals surface area contributed by atoms with Crippen LogP contribution in [0.5, 0.6) is 0 Å². The third kappa shape index (κ3) is 6.73. The molecule has 0 atom stereocenters. The molecule has 0 aliphatic carbocycles. The molecule has 0 bridgehead atoms. The predicted octanol–water partition coefficient (Wildman–Crippen LogP) is 4.72. The Balaban J connectivity index is 1.81. The number of hydrogen-bond acceptors (Lipinski definition) is 4. The Hall–Kier alpha value is -4.69. The Morgan fingerprint density at radius 2 is 1.78 bits per heavy atom. The highest BCUT2D eigenvalue weighted by molar-refractivity contribution is 5.95. The van der Waals surface area contributed by atoms with Crippen molar-refractivity contribution >= 4 is 5.91 Å². The Labute approximate surface area is 235 Å². The van der Waals surface area contributed by atoms with E-state index in [1.54, 1.807) is 48.3 Å². The summed E-state index contributed by atoms with van der Waals surface area (Å²) in [6, 6.07) is 14.7. The maximum absolute atomic E-state index is 13.6. The number of nitrogens with zero attached hydrogens (tertiary/aromatic N) is 5. The number of carbonyl (C=O) groups excluding carboxylic acids is 1. The normalized spacial score (nSPS) is 11.8. The molecule has 0 saturated carbocycles. The average Bonchev–Trinajstić information content (AvgIpc) is 3.40. The number of hydrogen-bond donors (Lipinski definition) is 1. The Bertz CT molecular complexity index is 1670. The van der Waals surface area contributed by atoms with Crippen molar-refractivity contribution in [2.45, 2.75) is 19.5 Å². The second kappa shape index (κ2) is 11.4. The summed E-state index contributed by atoms with van der Waals surface area (Å²) in [7, 11) is 6.08. The molecule has 0 aliphatic rings. The number of pyridine rings is 1. The molecule has 2 heterocycles. The van der Waals surface area contributed by atoms with Gasteiger partial charge in [-0.2, -0.15) is 23.5 Å². The Morgan fingerprint density at radius 1 is 1.07 bits per heavy atom. The van der Waals surface area contributed by atoms with Crippen molar-refractivity contribution in [3.63, 3.8) is 0 Å². The van der Waals surface area contributed by atoms with Crippen LogP contribution in [0, 0.1) is 18.3 Å². The number of rotatable bonds is 8. The van der Waals surface area contributed by atoms with Crippen molar-refractivity contribution in [3.05, 3.63) is 99.7 Å². The molecule has 0 radical (unpaired) electrons. The van der Waals surface area contributed by atoms with Crippen molar-refractivity contribution in [2.75, 3.05) is 34.2 Å². The highest BCUT2D eigenvalue weighted by atomic mass is 19.4. The molecule has 11 heteroatoms. The fourth-order valence-corrected chi connectivity index (χ4v) is 4.43. The van der Waals surface area contributed by atoms with Crippen LogP contribution >= 0.6 is 0 Å². The molecule has 212 valence electrons. The topological polar surface area (TPSA) is 92.7 Å². The van der Waals surface area contributed by atoms with Crippen LogP contribution in [0.25, 0.3) is 22.5 Å². The molecular formula is C30H30F3N6O2+. The molecule has 0 saturated heterocycles. The van der Waals surface area contributed by atoms with Gasteiger partial charge in [-0.3, -0.25) is 14.2 Å². The lowest BCUT2D eigenvalue weighted by Gasteiger charge is -2.23. The van der Waals surface area contributed by atoms with Crippen molar-refractivity contribution in [1.29, 1.82) is 5.26 Å². The molecule has 2 aromatic heterocycles. The minimum Gasteiger partial charge on any atom is -0.352 e. The minimum absolute atomic E-state index is 0.0114. The monoisotopic (exact) mass is 563 g/mol. The SMILES string of the molecule is Cc1c(-c2cnn(-c3ccc(C#N)cc3)c2)cc(C(=O)NCCC[N+](C)(C)C)c(=O)n1-c1cccc(C(F)(F)F)c1. The van der Waals surface area contributed by atoms with Crippen molar-refractivity contribution in [2.24, 2.45) is 0 Å². The van der Waals surface area contributed by atoms with Crippen molar-refractivity contribution in [3.8, 4) is 28.6 Å². The molecule has 4 rings (SSSR count). The largest absolute Gasteiger partial charge is 0.416 e. The molecule has 4 aromatic rings. The molecular weight excluding hydrogens is 533 g/mol. The van der Waals surface area contributed by atoms with Gasteiger partial charge in [0.2, 0.25) is 0 Å². The van der Waals surface area contributed by atoms with E-state index in [0.717, 1.165) is 23.2 Å². The van der Waals surface area contributed by atoms with Gasteiger partial charge in [-0.25, -0.2) is 4.68 Å². The molecule has 2 aromatic carbocycles. The predicted molar refractivity (Wildman–Crippen MR) is 149 cm³/mol. The first-order chi connectivity index (χ1) is 19.3. The number of amides is 1. The van der Waals surface area contributed by atoms with Crippen LogP contribution in [0.1, 0.15) is 33.6 Å². The quantitative estimate of drug-likeness (QED) is 0.248. The number of quaternary nitrogens is 1. The standard InChI is InChI=1S/C30H29F3N6O2/c1-20-26(22-18-36-37(19-22)24-11-9-21(17-34)10-12-24)16-27(28(40)35-13-6-14-39(2,3)4)29(41)38(20)25-8-5-7-23(15-25)30(31,32)33/h5,7-12,15-16,18-19H,6,13-14H2,1-4H3/p+1. The first-order valence-electron chi connectivity index (χ1n) is 12.9. The van der Waals surface area contributed by atoms with Crippen LogP contribution in [0.15, 0.2) is 71.8 Å². The van der Waals surface area contributed by atoms with Crippen LogP contribution in [-0.4, -0.2) is 59.0 Å². The fourth-order valence-electron chi connectivity index (χ4n) is 4.43. The Kier molecular flexibility index (Phi) is 8.17. The van der Waals surface area contributed by atoms with Crippen LogP contribution in [0.2, 0.25) is 0 Å². The summed E-state index contributed by atoms with van der Waals surface area (Å²) in [5, 5.41) is 16.2. The maximum atomic E-state index is 13.6. The van der Waals surface area contributed by atoms with E-state index in [4.69, 9.17) is 5.26 Å². The van der Waals surface area contributed by atoms with Gasteiger partial charge in [-0.1, -0.05) is 6.07 Å². The lowest BCUT2D eigenvalue weighted by Crippen LogP contribution is -2.38. The fraction of sp³-hybridized carbons (Fsp3) is 0.267. The molecule has 0 aliphatic heterocycles. The van der Waals surface area contributed by atoms with Gasteiger partial charge in [0.15, 0.2) is 0 Å². The van der Waals surface area contributed by atoms with Gasteiger partial charge in [0, 0.05) is 41.7 Å². The van der Waals surface area contributed by atoms with E-state index < -0.39 is 23.2 Å². The number of aromatic nitrogens is 3. The molecule has 0 unspecified atom stereocenters. The smallest absolute Gasteiger partial charge is 0.352 e. The lowest BCUT2D eigenvalue weighted by molar-refractivity contribution is -0.870. The highest BCUT2D eigenvalue weighted by Gasteiger charge is 2.31. The third-order valence-corrected chi connectivity index (χ3v) is 6.57. The zero-order chi connectivity index (χ0) is 29.9. The first-order valence-corrected chi connectivity index (χ1v) is 12.9. The van der Waals surface area contributed by atoms with E-state index in [-0.39, 0.29) is 11.3 Å². The summed E-state index contributed by atoms with van der Waals surface area (Å²) in [6.45, 7) is 2.73. The molecule has 1 amide bonds. The molecule has 8 nitrogen and oxygen atoms in total. The lowest BCUT2D eigenvalue weighted by atomic mass is 10.0. The van der Waals surface area contributed by atoms with E-state index in [2.05, 4.69) is 16.5 Å². The van der Waals surface area contributed by atoms with Gasteiger partial charge < -0.3 is 9.80 Å². The van der Waals surface area contributed by atoms with Crippen LogP contribution in [0.3, 0.4) is 0 Å². The van der Waals surface area contributed by atoms with Crippen LogP contribution in [0.4, 0.5) is 13.2 Å². The molecule has 1 N–H and O–H groups in total. The van der Waals surface area contributed by atoms with Gasteiger partial charge >= 0.3 is 6.18 Å². The molecule has 0 spiro atoms. The zero-order valence-corrected chi connectivity index (χ0v) is 23.2. The molecule has 41 heavy (non-hydrogen) atoms. The van der Waals surface area contributed by atoms with Crippen LogP contribution in [-0.2, 0) is 6.18 Å². The zero-order valence-electron chi connectivity index (χ0n) is 23.2. The van der Waals surface area contributed by atoms with E-state index in [1.807, 2.05) is 21.1 Å². The van der Waals surface area contributed by atoms with Crippen LogP contribution < -0.4 is 10.9 Å². The summed E-state index contributed by atoms with van der Waals surface area (Å²) < 4.78 is 44.0. The maximum Gasteiger partial charge on any atom is 0.416 e. The number of benzene rings is 2. The first kappa shape index (κ1) is 29.3. The van der Waals surface area contributed by atoms with E-state index >= 15 is 0 Å².